The Morgan fingerprint density at radius 2 is 1.43 bits per heavy atom. The molecule has 0 saturated carbocycles. The van der Waals surface area contributed by atoms with Crippen LogP contribution in [-0.2, 0) is 4.79 Å². The van der Waals surface area contributed by atoms with Crippen molar-refractivity contribution in [3.63, 3.8) is 0 Å². The summed E-state index contributed by atoms with van der Waals surface area (Å²) in [4.78, 5) is 25.3. The Hall–Kier alpha value is -3.24. The molecule has 28 heavy (non-hydrogen) atoms. The quantitative estimate of drug-likeness (QED) is 0.625. The average Bonchev–Trinajstić information content (AvgIpc) is 2.70. The summed E-state index contributed by atoms with van der Waals surface area (Å²) in [5.74, 6) is -0.109. The van der Waals surface area contributed by atoms with E-state index in [9.17, 15) is 9.59 Å². The van der Waals surface area contributed by atoms with Crippen LogP contribution in [0, 0.1) is 0 Å². The lowest BCUT2D eigenvalue weighted by Crippen LogP contribution is -3.10. The van der Waals surface area contributed by atoms with E-state index in [0.717, 1.165) is 16.0 Å². The number of quaternary nitrogens is 1. The number of anilines is 1. The van der Waals surface area contributed by atoms with E-state index in [1.165, 1.54) is 6.92 Å². The number of carbonyl (C=O) groups excluding carboxylic acids is 2. The van der Waals surface area contributed by atoms with Crippen LogP contribution in [0.25, 0.3) is 0 Å². The van der Waals surface area contributed by atoms with Crippen molar-refractivity contribution >= 4 is 17.4 Å². The van der Waals surface area contributed by atoms with Crippen molar-refractivity contribution < 1.29 is 14.5 Å². The molecule has 0 fully saturated rings. The molecule has 4 heteroatoms. The van der Waals surface area contributed by atoms with Crippen LogP contribution < -0.4 is 10.2 Å². The molecule has 0 aliphatic rings. The third-order valence-electron chi connectivity index (χ3n) is 4.75. The summed E-state index contributed by atoms with van der Waals surface area (Å²) in [5, 5.41) is 2.91. The highest BCUT2D eigenvalue weighted by molar-refractivity contribution is 5.97. The molecule has 1 unspecified atom stereocenters. The molecule has 1 amide bonds. The van der Waals surface area contributed by atoms with Gasteiger partial charge >= 0.3 is 0 Å². The molecular weight excluding hydrogens is 348 g/mol. The van der Waals surface area contributed by atoms with Gasteiger partial charge in [-0.05, 0) is 19.1 Å². The first-order valence-corrected chi connectivity index (χ1v) is 9.37. The zero-order valence-corrected chi connectivity index (χ0v) is 16.2. The lowest BCUT2D eigenvalue weighted by molar-refractivity contribution is -0.897. The molecule has 0 aromatic heterocycles. The molecule has 3 rings (SSSR count). The fourth-order valence-electron chi connectivity index (χ4n) is 3.43. The van der Waals surface area contributed by atoms with Crippen molar-refractivity contribution in [1.82, 2.24) is 0 Å². The van der Waals surface area contributed by atoms with Crippen LogP contribution in [0.1, 0.15) is 34.5 Å². The second-order valence-corrected chi connectivity index (χ2v) is 6.96. The highest BCUT2D eigenvalue weighted by Crippen LogP contribution is 2.18. The summed E-state index contributed by atoms with van der Waals surface area (Å²) in [6, 6.07) is 27.5. The van der Waals surface area contributed by atoms with Gasteiger partial charge < -0.3 is 10.2 Å². The minimum atomic E-state index is -0.0879. The number of amides is 1. The van der Waals surface area contributed by atoms with Gasteiger partial charge in [0, 0.05) is 22.4 Å². The number of ketones is 1. The Balaban J connectivity index is 1.76. The van der Waals surface area contributed by atoms with E-state index in [1.54, 1.807) is 24.3 Å². The van der Waals surface area contributed by atoms with Crippen LogP contribution in [-0.4, -0.2) is 25.3 Å². The van der Waals surface area contributed by atoms with Crippen LogP contribution in [0.15, 0.2) is 84.9 Å². The Kier molecular flexibility index (Phi) is 6.35. The molecule has 0 radical (unpaired) electrons. The maximum absolute atomic E-state index is 12.7. The van der Waals surface area contributed by atoms with Gasteiger partial charge in [0.05, 0.1) is 7.05 Å². The second kappa shape index (κ2) is 9.11. The molecular formula is C24H25N2O2+. The van der Waals surface area contributed by atoms with E-state index in [2.05, 4.69) is 29.6 Å². The van der Waals surface area contributed by atoms with Crippen molar-refractivity contribution in [3.05, 3.63) is 102 Å². The number of Topliss-reactive ketones (excluding diaryl/α,β-unsaturated/α-hetero) is 1. The molecule has 0 aliphatic heterocycles. The van der Waals surface area contributed by atoms with Crippen molar-refractivity contribution in [2.24, 2.45) is 0 Å². The Morgan fingerprint density at radius 1 is 0.857 bits per heavy atom. The number of hydrogen-bond acceptors (Lipinski definition) is 2. The summed E-state index contributed by atoms with van der Waals surface area (Å²) < 4.78 is 0. The number of rotatable bonds is 7. The first kappa shape index (κ1) is 19.5. The van der Waals surface area contributed by atoms with Gasteiger partial charge in [-0.25, -0.2) is 0 Å². The highest BCUT2D eigenvalue weighted by atomic mass is 16.2. The number of carbonyl (C=O) groups is 2. The van der Waals surface area contributed by atoms with Gasteiger partial charge in [-0.15, -0.1) is 0 Å². The highest BCUT2D eigenvalue weighted by Gasteiger charge is 2.24. The zero-order valence-electron chi connectivity index (χ0n) is 16.2. The van der Waals surface area contributed by atoms with Crippen molar-refractivity contribution in [2.45, 2.75) is 13.0 Å². The summed E-state index contributed by atoms with van der Waals surface area (Å²) in [5.41, 5.74) is 3.56. The van der Waals surface area contributed by atoms with Crippen molar-refractivity contribution in [3.8, 4) is 0 Å². The molecule has 0 saturated heterocycles. The van der Waals surface area contributed by atoms with Gasteiger partial charge in [-0.1, -0.05) is 72.8 Å². The molecule has 1 atom stereocenters. The molecule has 0 heterocycles. The largest absolute Gasteiger partial charge is 0.321 e. The molecule has 4 nitrogen and oxygen atoms in total. The van der Waals surface area contributed by atoms with Crippen LogP contribution >= 0.6 is 0 Å². The molecule has 2 N–H and O–H groups in total. The Bertz CT molecular complexity index is 900. The van der Waals surface area contributed by atoms with Crippen LogP contribution in [0.3, 0.4) is 0 Å². The van der Waals surface area contributed by atoms with E-state index in [4.69, 9.17) is 0 Å². The zero-order chi connectivity index (χ0) is 19.9. The summed E-state index contributed by atoms with van der Waals surface area (Å²) in [6.07, 6.45) is 0. The first-order chi connectivity index (χ1) is 13.5. The van der Waals surface area contributed by atoms with E-state index in [1.807, 2.05) is 43.4 Å². The van der Waals surface area contributed by atoms with Gasteiger partial charge in [0.2, 0.25) is 0 Å². The van der Waals surface area contributed by atoms with E-state index in [0.29, 0.717) is 17.8 Å². The van der Waals surface area contributed by atoms with Crippen molar-refractivity contribution in [1.29, 1.82) is 0 Å². The molecule has 0 spiro atoms. The van der Waals surface area contributed by atoms with Crippen LogP contribution in [0.5, 0.6) is 0 Å². The molecule has 3 aromatic rings. The first-order valence-electron chi connectivity index (χ1n) is 9.37. The monoisotopic (exact) mass is 373 g/mol. The number of benzene rings is 3. The topological polar surface area (TPSA) is 50.6 Å². The van der Waals surface area contributed by atoms with Gasteiger partial charge in [-0.2, -0.15) is 0 Å². The van der Waals surface area contributed by atoms with Crippen molar-refractivity contribution in [2.75, 3.05) is 18.9 Å². The smallest absolute Gasteiger partial charge is 0.279 e. The Labute approximate surface area is 165 Å². The van der Waals surface area contributed by atoms with E-state index >= 15 is 0 Å². The van der Waals surface area contributed by atoms with Crippen LogP contribution in [0.2, 0.25) is 0 Å². The van der Waals surface area contributed by atoms with Gasteiger partial charge in [0.15, 0.2) is 12.3 Å². The molecule has 0 bridgehead atoms. The number of nitrogens with one attached hydrogen (secondary N) is 2. The predicted molar refractivity (Wildman–Crippen MR) is 112 cm³/mol. The third-order valence-corrected chi connectivity index (χ3v) is 4.75. The number of likely N-dealkylation sites (N-methyl/N-ethyl adjacent to an activating group) is 1. The minimum Gasteiger partial charge on any atom is -0.321 e. The normalized spacial score (nSPS) is 11.8. The Morgan fingerprint density at radius 3 is 1.96 bits per heavy atom. The minimum absolute atomic E-state index is 0.0212. The van der Waals surface area contributed by atoms with Gasteiger partial charge in [0.1, 0.15) is 6.04 Å². The van der Waals surface area contributed by atoms with E-state index < -0.39 is 0 Å². The second-order valence-electron chi connectivity index (χ2n) is 6.96. The maximum Gasteiger partial charge on any atom is 0.279 e. The molecule has 142 valence electrons. The predicted octanol–water partition coefficient (Wildman–Crippen LogP) is 3.13. The van der Waals surface area contributed by atoms with Gasteiger partial charge in [0.25, 0.3) is 5.91 Å². The van der Waals surface area contributed by atoms with Gasteiger partial charge in [-0.3, -0.25) is 9.59 Å². The lowest BCUT2D eigenvalue weighted by Gasteiger charge is -2.25. The van der Waals surface area contributed by atoms with Crippen LogP contribution in [0.4, 0.5) is 5.69 Å². The summed E-state index contributed by atoms with van der Waals surface area (Å²) >= 11 is 0. The summed E-state index contributed by atoms with van der Waals surface area (Å²) in [7, 11) is 2.02. The lowest BCUT2D eigenvalue weighted by atomic mass is 9.97. The molecule has 0 aliphatic carbocycles. The fourth-order valence-corrected chi connectivity index (χ4v) is 3.43. The molecule has 3 aromatic carbocycles. The summed E-state index contributed by atoms with van der Waals surface area (Å²) in [6.45, 7) is 1.82. The maximum atomic E-state index is 12.7. The fraction of sp³-hybridized carbons (Fsp3) is 0.167. The SMILES string of the molecule is CC(=O)c1cccc(NC(=O)C[NH+](C)C(c2ccccc2)c2ccccc2)c1. The standard InChI is InChI=1S/C24H24N2O2/c1-18(27)21-14-9-15-22(16-21)25-23(28)17-26(2)24(19-10-5-3-6-11-19)20-12-7-4-8-13-20/h3-16,24H,17H2,1-2H3,(H,25,28)/p+1. The number of hydrogen-bond donors (Lipinski definition) is 2. The van der Waals surface area contributed by atoms with E-state index in [-0.39, 0.29) is 17.7 Å². The third kappa shape index (κ3) is 4.93. The average molecular weight is 373 g/mol.